The van der Waals surface area contributed by atoms with Gasteiger partial charge in [-0.3, -0.25) is 0 Å². The van der Waals surface area contributed by atoms with Crippen LogP contribution in [-0.2, 0) is 14.8 Å². The summed E-state index contributed by atoms with van der Waals surface area (Å²) in [5.74, 6) is 0. The largest absolute Gasteiger partial charge is 0.449 e. The average Bonchev–Trinajstić information content (AvgIpc) is 2.31. The SMILES string of the molecule is CCOC(=O)N(C)S(=O)(=O)c1ccc(C)c(C)c1. The molecule has 5 nitrogen and oxygen atoms in total. The minimum absolute atomic E-state index is 0.0844. The highest BCUT2D eigenvalue weighted by Gasteiger charge is 2.26. The number of benzene rings is 1. The number of hydrogen-bond acceptors (Lipinski definition) is 4. The summed E-state index contributed by atoms with van der Waals surface area (Å²) in [5, 5.41) is 0. The Balaban J connectivity index is 3.13. The van der Waals surface area contributed by atoms with E-state index in [4.69, 9.17) is 0 Å². The highest BCUT2D eigenvalue weighted by atomic mass is 32.2. The highest BCUT2D eigenvalue weighted by Crippen LogP contribution is 2.18. The Bertz CT molecular complexity index is 551. The second kappa shape index (κ2) is 5.39. The molecule has 0 saturated carbocycles. The van der Waals surface area contributed by atoms with E-state index in [9.17, 15) is 13.2 Å². The van der Waals surface area contributed by atoms with E-state index >= 15 is 0 Å². The molecule has 1 rings (SSSR count). The van der Waals surface area contributed by atoms with Gasteiger partial charge in [0.1, 0.15) is 0 Å². The maximum absolute atomic E-state index is 12.1. The molecule has 0 spiro atoms. The summed E-state index contributed by atoms with van der Waals surface area (Å²) < 4.78 is 29.6. The Kier molecular flexibility index (Phi) is 4.34. The fourth-order valence-electron chi connectivity index (χ4n) is 1.34. The zero-order valence-corrected chi connectivity index (χ0v) is 11.7. The average molecular weight is 271 g/mol. The molecule has 0 unspecified atom stereocenters. The molecule has 0 aromatic heterocycles. The quantitative estimate of drug-likeness (QED) is 0.844. The number of carbonyl (C=O) groups excluding carboxylic acids is 1. The second-order valence-corrected chi connectivity index (χ2v) is 5.89. The van der Waals surface area contributed by atoms with Crippen LogP contribution in [0.2, 0.25) is 0 Å². The summed E-state index contributed by atoms with van der Waals surface area (Å²) in [6, 6.07) is 4.73. The van der Waals surface area contributed by atoms with Gasteiger partial charge in [0.15, 0.2) is 0 Å². The number of rotatable bonds is 3. The molecule has 0 radical (unpaired) electrons. The van der Waals surface area contributed by atoms with Crippen LogP contribution in [0.5, 0.6) is 0 Å². The molecule has 0 N–H and O–H groups in total. The third kappa shape index (κ3) is 2.81. The summed E-state index contributed by atoms with van der Waals surface area (Å²) >= 11 is 0. The number of carbonyl (C=O) groups is 1. The van der Waals surface area contributed by atoms with Gasteiger partial charge in [-0.1, -0.05) is 6.07 Å². The van der Waals surface area contributed by atoms with Gasteiger partial charge in [0, 0.05) is 7.05 Å². The van der Waals surface area contributed by atoms with Crippen LogP contribution in [0.4, 0.5) is 4.79 Å². The van der Waals surface area contributed by atoms with Crippen molar-refractivity contribution < 1.29 is 17.9 Å². The van der Waals surface area contributed by atoms with E-state index in [1.54, 1.807) is 19.1 Å². The Morgan fingerprint density at radius 2 is 1.89 bits per heavy atom. The lowest BCUT2D eigenvalue weighted by Gasteiger charge is -2.17. The first kappa shape index (κ1) is 14.5. The summed E-state index contributed by atoms with van der Waals surface area (Å²) in [6.45, 7) is 5.46. The third-order valence-electron chi connectivity index (χ3n) is 2.66. The number of nitrogens with zero attached hydrogens (tertiary/aromatic N) is 1. The van der Waals surface area contributed by atoms with Crippen LogP contribution in [-0.4, -0.2) is 32.5 Å². The number of sulfonamides is 1. The van der Waals surface area contributed by atoms with E-state index in [0.717, 1.165) is 11.1 Å². The normalized spacial score (nSPS) is 11.1. The number of hydrogen-bond donors (Lipinski definition) is 0. The van der Waals surface area contributed by atoms with E-state index in [1.165, 1.54) is 13.1 Å². The van der Waals surface area contributed by atoms with E-state index in [0.29, 0.717) is 4.31 Å². The minimum Gasteiger partial charge on any atom is -0.449 e. The molecular formula is C12H17NO4S. The molecule has 0 heterocycles. The maximum Gasteiger partial charge on any atom is 0.423 e. The zero-order chi connectivity index (χ0) is 13.9. The van der Waals surface area contributed by atoms with Crippen molar-refractivity contribution in [1.82, 2.24) is 4.31 Å². The van der Waals surface area contributed by atoms with E-state index in [2.05, 4.69) is 4.74 Å². The summed E-state index contributed by atoms with van der Waals surface area (Å²) in [6.07, 6.45) is -0.879. The molecule has 0 saturated heterocycles. The van der Waals surface area contributed by atoms with Gasteiger partial charge in [-0.15, -0.1) is 0 Å². The second-order valence-electron chi connectivity index (χ2n) is 3.92. The fraction of sp³-hybridized carbons (Fsp3) is 0.417. The van der Waals surface area contributed by atoms with Crippen LogP contribution in [0.1, 0.15) is 18.1 Å². The van der Waals surface area contributed by atoms with Crippen LogP contribution in [0.3, 0.4) is 0 Å². The molecule has 1 aromatic rings. The van der Waals surface area contributed by atoms with Crippen molar-refractivity contribution in [2.75, 3.05) is 13.7 Å². The first-order valence-corrected chi connectivity index (χ1v) is 6.97. The van der Waals surface area contributed by atoms with Gasteiger partial charge in [-0.2, -0.15) is 0 Å². The lowest BCUT2D eigenvalue weighted by molar-refractivity contribution is 0.136. The van der Waals surface area contributed by atoms with E-state index < -0.39 is 16.1 Å². The van der Waals surface area contributed by atoms with Gasteiger partial charge >= 0.3 is 6.09 Å². The standard InChI is InChI=1S/C12H17NO4S/c1-5-17-12(14)13(4)18(15,16)11-7-6-9(2)10(3)8-11/h6-8H,5H2,1-4H3. The Hall–Kier alpha value is -1.56. The monoisotopic (exact) mass is 271 g/mol. The molecular weight excluding hydrogens is 254 g/mol. The van der Waals surface area contributed by atoms with Crippen molar-refractivity contribution in [2.45, 2.75) is 25.7 Å². The van der Waals surface area contributed by atoms with Gasteiger partial charge in [-0.25, -0.2) is 17.5 Å². The first-order valence-electron chi connectivity index (χ1n) is 5.53. The van der Waals surface area contributed by atoms with Gasteiger partial charge in [0.2, 0.25) is 0 Å². The van der Waals surface area contributed by atoms with Crippen LogP contribution in [0.15, 0.2) is 23.1 Å². The molecule has 100 valence electrons. The van der Waals surface area contributed by atoms with Crippen molar-refractivity contribution >= 4 is 16.1 Å². The van der Waals surface area contributed by atoms with Crippen LogP contribution >= 0.6 is 0 Å². The predicted molar refractivity (Wildman–Crippen MR) is 67.9 cm³/mol. The van der Waals surface area contributed by atoms with Crippen molar-refractivity contribution in [2.24, 2.45) is 0 Å². The predicted octanol–water partition coefficient (Wildman–Crippen LogP) is 2.08. The molecule has 6 heteroatoms. The van der Waals surface area contributed by atoms with Gasteiger partial charge < -0.3 is 4.74 Å². The first-order chi connectivity index (χ1) is 8.30. The van der Waals surface area contributed by atoms with Crippen LogP contribution in [0, 0.1) is 13.8 Å². The third-order valence-corrected chi connectivity index (χ3v) is 4.38. The molecule has 1 amide bonds. The number of amides is 1. The van der Waals surface area contributed by atoms with Crippen LogP contribution < -0.4 is 0 Å². The molecule has 0 bridgehead atoms. The van der Waals surface area contributed by atoms with Gasteiger partial charge in [0.05, 0.1) is 11.5 Å². The minimum atomic E-state index is -3.84. The van der Waals surface area contributed by atoms with Crippen molar-refractivity contribution in [3.63, 3.8) is 0 Å². The zero-order valence-electron chi connectivity index (χ0n) is 10.9. The Morgan fingerprint density at radius 3 is 2.39 bits per heavy atom. The fourth-order valence-corrected chi connectivity index (χ4v) is 2.48. The van der Waals surface area contributed by atoms with Gasteiger partial charge in [-0.05, 0) is 44.0 Å². The molecule has 1 aromatic carbocycles. The van der Waals surface area contributed by atoms with Crippen molar-refractivity contribution in [3.8, 4) is 0 Å². The lowest BCUT2D eigenvalue weighted by atomic mass is 10.1. The van der Waals surface area contributed by atoms with Crippen LogP contribution in [0.25, 0.3) is 0 Å². The van der Waals surface area contributed by atoms with Crippen molar-refractivity contribution in [3.05, 3.63) is 29.3 Å². The molecule has 0 atom stereocenters. The maximum atomic E-state index is 12.1. The summed E-state index contributed by atoms with van der Waals surface area (Å²) in [4.78, 5) is 11.5. The smallest absolute Gasteiger partial charge is 0.423 e. The van der Waals surface area contributed by atoms with E-state index in [-0.39, 0.29) is 11.5 Å². The number of ether oxygens (including phenoxy) is 1. The topological polar surface area (TPSA) is 63.7 Å². The summed E-state index contributed by atoms with van der Waals surface area (Å²) in [5.41, 5.74) is 1.85. The van der Waals surface area contributed by atoms with Crippen molar-refractivity contribution in [1.29, 1.82) is 0 Å². The Morgan fingerprint density at radius 1 is 1.28 bits per heavy atom. The summed E-state index contributed by atoms with van der Waals surface area (Å²) in [7, 11) is -2.66. The number of aryl methyl sites for hydroxylation is 2. The Labute approximate surface area is 107 Å². The molecule has 0 aliphatic heterocycles. The molecule has 18 heavy (non-hydrogen) atoms. The highest BCUT2D eigenvalue weighted by molar-refractivity contribution is 7.89. The molecule has 0 aliphatic carbocycles. The molecule has 0 aliphatic rings. The lowest BCUT2D eigenvalue weighted by Crippen LogP contribution is -2.33. The molecule has 0 fully saturated rings. The van der Waals surface area contributed by atoms with E-state index in [1.807, 2.05) is 13.8 Å². The van der Waals surface area contributed by atoms with Gasteiger partial charge in [0.25, 0.3) is 10.0 Å².